The molecule has 138 valence electrons. The Morgan fingerprint density at radius 1 is 1.23 bits per heavy atom. The lowest BCUT2D eigenvalue weighted by Gasteiger charge is -2.34. The molecule has 1 amide bonds. The zero-order chi connectivity index (χ0) is 18.6. The fourth-order valence-electron chi connectivity index (χ4n) is 3.13. The lowest BCUT2D eigenvalue weighted by molar-refractivity contribution is 0.0519. The molecule has 1 aliphatic heterocycles. The van der Waals surface area contributed by atoms with Gasteiger partial charge in [0.1, 0.15) is 5.60 Å². The topological polar surface area (TPSA) is 67.3 Å². The summed E-state index contributed by atoms with van der Waals surface area (Å²) in [4.78, 5) is 23.2. The minimum absolute atomic E-state index is 0.260. The van der Waals surface area contributed by atoms with Gasteiger partial charge in [-0.1, -0.05) is 30.3 Å². The number of alkyl carbamates (subject to hydrolysis) is 1. The van der Waals surface area contributed by atoms with E-state index in [-0.39, 0.29) is 12.0 Å². The van der Waals surface area contributed by atoms with E-state index in [4.69, 9.17) is 4.74 Å². The lowest BCUT2D eigenvalue weighted by atomic mass is 9.97. The predicted molar refractivity (Wildman–Crippen MR) is 101 cm³/mol. The number of hydrogen-bond donors (Lipinski definition) is 1. The maximum absolute atomic E-state index is 11.9. The van der Waals surface area contributed by atoms with Crippen molar-refractivity contribution in [1.29, 1.82) is 0 Å². The summed E-state index contributed by atoms with van der Waals surface area (Å²) in [5, 5.41) is 2.89. The number of rotatable bonds is 4. The molecule has 26 heavy (non-hydrogen) atoms. The summed E-state index contributed by atoms with van der Waals surface area (Å²) < 4.78 is 5.33. The molecule has 6 nitrogen and oxygen atoms in total. The molecule has 0 fully saturated rings. The summed E-state index contributed by atoms with van der Waals surface area (Å²) in [7, 11) is 0. The van der Waals surface area contributed by atoms with Crippen LogP contribution in [0.15, 0.2) is 42.7 Å². The predicted octanol–water partition coefficient (Wildman–Crippen LogP) is 3.18. The van der Waals surface area contributed by atoms with Gasteiger partial charge < -0.3 is 15.0 Å². The summed E-state index contributed by atoms with van der Waals surface area (Å²) >= 11 is 0. The molecule has 0 radical (unpaired) electrons. The van der Waals surface area contributed by atoms with Crippen LogP contribution in [-0.2, 0) is 17.7 Å². The number of nitrogens with zero attached hydrogens (tertiary/aromatic N) is 3. The quantitative estimate of drug-likeness (QED) is 0.913. The van der Waals surface area contributed by atoms with Crippen molar-refractivity contribution in [3.05, 3.63) is 54.0 Å². The third-order valence-corrected chi connectivity index (χ3v) is 4.16. The molecule has 0 saturated heterocycles. The summed E-state index contributed by atoms with van der Waals surface area (Å²) in [6, 6.07) is 10.3. The van der Waals surface area contributed by atoms with E-state index in [0.717, 1.165) is 31.0 Å². The monoisotopic (exact) mass is 354 g/mol. The highest BCUT2D eigenvalue weighted by atomic mass is 16.6. The van der Waals surface area contributed by atoms with Crippen LogP contribution >= 0.6 is 0 Å². The number of anilines is 1. The van der Waals surface area contributed by atoms with Crippen molar-refractivity contribution < 1.29 is 9.53 Å². The van der Waals surface area contributed by atoms with E-state index < -0.39 is 5.60 Å². The van der Waals surface area contributed by atoms with E-state index in [1.165, 1.54) is 5.56 Å². The number of amides is 1. The smallest absolute Gasteiger partial charge is 0.407 e. The van der Waals surface area contributed by atoms with Crippen LogP contribution in [0.1, 0.15) is 32.0 Å². The first kappa shape index (κ1) is 18.2. The molecule has 0 bridgehead atoms. The molecule has 2 aromatic rings. The molecule has 1 aliphatic rings. The first-order valence-corrected chi connectivity index (χ1v) is 8.96. The summed E-state index contributed by atoms with van der Waals surface area (Å²) in [6.45, 7) is 7.73. The highest BCUT2D eigenvalue weighted by Crippen LogP contribution is 2.27. The number of benzene rings is 1. The summed E-state index contributed by atoms with van der Waals surface area (Å²) in [5.41, 5.74) is 1.71. The van der Waals surface area contributed by atoms with Gasteiger partial charge in [0.05, 0.1) is 5.69 Å². The van der Waals surface area contributed by atoms with Crippen molar-refractivity contribution in [2.75, 3.05) is 18.0 Å². The van der Waals surface area contributed by atoms with Gasteiger partial charge in [0, 0.05) is 32.0 Å². The first-order chi connectivity index (χ1) is 12.4. The van der Waals surface area contributed by atoms with Gasteiger partial charge in [-0.2, -0.15) is 0 Å². The van der Waals surface area contributed by atoms with Gasteiger partial charge in [-0.05, 0) is 38.7 Å². The van der Waals surface area contributed by atoms with Crippen molar-refractivity contribution in [2.45, 2.75) is 39.3 Å². The molecule has 0 aliphatic carbocycles. The van der Waals surface area contributed by atoms with Crippen LogP contribution in [0.4, 0.5) is 10.6 Å². The number of aromatic nitrogens is 2. The fraction of sp³-hybridized carbons (Fsp3) is 0.450. The van der Waals surface area contributed by atoms with Crippen LogP contribution in [0.3, 0.4) is 0 Å². The molecule has 0 saturated carbocycles. The van der Waals surface area contributed by atoms with Crippen molar-refractivity contribution in [3.8, 4) is 0 Å². The third-order valence-electron chi connectivity index (χ3n) is 4.16. The van der Waals surface area contributed by atoms with Crippen LogP contribution in [0.5, 0.6) is 0 Å². The van der Waals surface area contributed by atoms with Gasteiger partial charge >= 0.3 is 6.09 Å². The van der Waals surface area contributed by atoms with Gasteiger partial charge in [0.15, 0.2) is 5.82 Å². The highest BCUT2D eigenvalue weighted by Gasteiger charge is 2.27. The van der Waals surface area contributed by atoms with Crippen LogP contribution in [0.25, 0.3) is 0 Å². The van der Waals surface area contributed by atoms with Gasteiger partial charge in [-0.25, -0.2) is 9.78 Å². The molecule has 1 aromatic heterocycles. The Labute approximate surface area is 154 Å². The van der Waals surface area contributed by atoms with E-state index in [9.17, 15) is 4.79 Å². The van der Waals surface area contributed by atoms with Crippen molar-refractivity contribution >= 4 is 11.9 Å². The average Bonchev–Trinajstić information content (AvgIpc) is 2.59. The lowest BCUT2D eigenvalue weighted by Crippen LogP contribution is -2.42. The maximum atomic E-state index is 11.9. The highest BCUT2D eigenvalue weighted by molar-refractivity contribution is 5.67. The Morgan fingerprint density at radius 2 is 1.96 bits per heavy atom. The average molecular weight is 354 g/mol. The van der Waals surface area contributed by atoms with Crippen LogP contribution in [0.2, 0.25) is 0 Å². The number of carbonyl (C=O) groups excluding carboxylic acids is 1. The van der Waals surface area contributed by atoms with Crippen molar-refractivity contribution in [2.24, 2.45) is 5.92 Å². The molecule has 2 heterocycles. The zero-order valence-corrected chi connectivity index (χ0v) is 15.6. The van der Waals surface area contributed by atoms with Crippen molar-refractivity contribution in [3.63, 3.8) is 0 Å². The van der Waals surface area contributed by atoms with Gasteiger partial charge in [0.25, 0.3) is 0 Å². The molecular formula is C20H26N4O2. The SMILES string of the molecule is CC(C)(C)OC(=O)NCC1Cc2nccnc2N(Cc2ccccc2)C1. The van der Waals surface area contributed by atoms with E-state index in [1.54, 1.807) is 12.4 Å². The number of hydrogen-bond acceptors (Lipinski definition) is 5. The molecule has 0 spiro atoms. The van der Waals surface area contributed by atoms with Gasteiger partial charge in [0.2, 0.25) is 0 Å². The first-order valence-electron chi connectivity index (χ1n) is 8.96. The van der Waals surface area contributed by atoms with E-state index >= 15 is 0 Å². The Balaban J connectivity index is 1.67. The Kier molecular flexibility index (Phi) is 5.40. The second kappa shape index (κ2) is 7.72. The zero-order valence-electron chi connectivity index (χ0n) is 15.6. The Hall–Kier alpha value is -2.63. The minimum atomic E-state index is -0.492. The molecule has 6 heteroatoms. The van der Waals surface area contributed by atoms with E-state index in [1.807, 2.05) is 39.0 Å². The molecule has 1 unspecified atom stereocenters. The number of nitrogens with one attached hydrogen (secondary N) is 1. The standard InChI is InChI=1S/C20H26N4O2/c1-20(2,3)26-19(25)23-12-16-11-17-18(22-10-9-21-17)24(14-16)13-15-7-5-4-6-8-15/h4-10,16H,11-14H2,1-3H3,(H,23,25). The van der Waals surface area contributed by atoms with E-state index in [0.29, 0.717) is 6.54 Å². The largest absolute Gasteiger partial charge is 0.444 e. The van der Waals surface area contributed by atoms with Crippen LogP contribution in [0, 0.1) is 5.92 Å². The number of fused-ring (bicyclic) bond motifs is 1. The minimum Gasteiger partial charge on any atom is -0.444 e. The third kappa shape index (κ3) is 4.94. The van der Waals surface area contributed by atoms with Crippen LogP contribution < -0.4 is 10.2 Å². The summed E-state index contributed by atoms with van der Waals surface area (Å²) in [5.74, 6) is 1.19. The number of carbonyl (C=O) groups is 1. The van der Waals surface area contributed by atoms with Crippen molar-refractivity contribution in [1.82, 2.24) is 15.3 Å². The molecule has 1 N–H and O–H groups in total. The molecule has 1 aromatic carbocycles. The Morgan fingerprint density at radius 3 is 2.69 bits per heavy atom. The fourth-order valence-corrected chi connectivity index (χ4v) is 3.13. The van der Waals surface area contributed by atoms with Gasteiger partial charge in [-0.15, -0.1) is 0 Å². The van der Waals surface area contributed by atoms with Gasteiger partial charge in [-0.3, -0.25) is 4.98 Å². The maximum Gasteiger partial charge on any atom is 0.407 e. The molecule has 3 rings (SSSR count). The molecular weight excluding hydrogens is 328 g/mol. The second-order valence-electron chi connectivity index (χ2n) is 7.65. The van der Waals surface area contributed by atoms with E-state index in [2.05, 4.69) is 32.3 Å². The Bertz CT molecular complexity index is 743. The normalized spacial score (nSPS) is 16.7. The number of ether oxygens (including phenoxy) is 1. The molecule has 1 atom stereocenters. The van der Waals surface area contributed by atoms with Crippen LogP contribution in [-0.4, -0.2) is 34.8 Å². The summed E-state index contributed by atoms with van der Waals surface area (Å²) in [6.07, 6.45) is 3.88. The second-order valence-corrected chi connectivity index (χ2v) is 7.65.